The maximum absolute atomic E-state index is 11.1. The Morgan fingerprint density at radius 3 is 3.00 bits per heavy atom. The molecule has 25 heavy (non-hydrogen) atoms. The molecule has 1 aromatic carbocycles. The standard InChI is InChI=1S/C16H18N4O4S/c17-14(21)8-25-16-19-18-15(20(16)7-11-2-1-5-22-11)10-3-4-12-13(6-10)24-9-23-12/h3-4,6,11H,1-2,5,7-9H2,(H2,17,21)/t11-/m1/s1. The quantitative estimate of drug-likeness (QED) is 0.776. The Bertz CT molecular complexity index is 788. The number of nitrogens with two attached hydrogens (primary N) is 1. The Kier molecular flexibility index (Phi) is 4.50. The van der Waals surface area contributed by atoms with E-state index in [9.17, 15) is 4.79 Å². The van der Waals surface area contributed by atoms with Gasteiger partial charge in [-0.25, -0.2) is 0 Å². The fourth-order valence-corrected chi connectivity index (χ4v) is 3.62. The van der Waals surface area contributed by atoms with E-state index < -0.39 is 0 Å². The van der Waals surface area contributed by atoms with Gasteiger partial charge in [0.15, 0.2) is 22.5 Å². The maximum atomic E-state index is 11.1. The lowest BCUT2D eigenvalue weighted by Gasteiger charge is -2.14. The zero-order valence-corrected chi connectivity index (χ0v) is 14.3. The average molecular weight is 362 g/mol. The van der Waals surface area contributed by atoms with E-state index in [1.54, 1.807) is 0 Å². The van der Waals surface area contributed by atoms with Crippen molar-refractivity contribution in [2.75, 3.05) is 19.2 Å². The summed E-state index contributed by atoms with van der Waals surface area (Å²) in [5.41, 5.74) is 6.14. The minimum Gasteiger partial charge on any atom is -0.454 e. The molecule has 0 unspecified atom stereocenters. The number of fused-ring (bicyclic) bond motifs is 1. The first kappa shape index (κ1) is 16.2. The van der Waals surface area contributed by atoms with Crippen LogP contribution < -0.4 is 15.2 Å². The SMILES string of the molecule is NC(=O)CSc1nnc(-c2ccc3c(c2)OCO3)n1C[C@H]1CCCO1. The molecule has 1 fully saturated rings. The van der Waals surface area contributed by atoms with Crippen LogP contribution in [0.4, 0.5) is 0 Å². The van der Waals surface area contributed by atoms with Crippen molar-refractivity contribution >= 4 is 17.7 Å². The van der Waals surface area contributed by atoms with E-state index in [-0.39, 0.29) is 24.6 Å². The number of nitrogens with zero attached hydrogens (tertiary/aromatic N) is 3. The van der Waals surface area contributed by atoms with Gasteiger partial charge in [0.05, 0.1) is 18.4 Å². The summed E-state index contributed by atoms with van der Waals surface area (Å²) in [7, 11) is 0. The van der Waals surface area contributed by atoms with Crippen LogP contribution in [0.15, 0.2) is 23.4 Å². The number of hydrogen-bond acceptors (Lipinski definition) is 7. The molecular weight excluding hydrogens is 344 g/mol. The largest absolute Gasteiger partial charge is 0.454 e. The Balaban J connectivity index is 1.66. The number of amides is 1. The van der Waals surface area contributed by atoms with Gasteiger partial charge in [-0.3, -0.25) is 9.36 Å². The molecular formula is C16H18N4O4S. The first-order valence-electron chi connectivity index (χ1n) is 8.06. The topological polar surface area (TPSA) is 101 Å². The van der Waals surface area contributed by atoms with Crippen LogP contribution in [-0.4, -0.2) is 45.9 Å². The molecule has 0 radical (unpaired) electrons. The highest BCUT2D eigenvalue weighted by atomic mass is 32.2. The minimum atomic E-state index is -0.388. The molecule has 1 amide bonds. The molecule has 3 heterocycles. The molecule has 0 bridgehead atoms. The van der Waals surface area contributed by atoms with Gasteiger partial charge in [0.2, 0.25) is 12.7 Å². The van der Waals surface area contributed by atoms with Crippen LogP contribution in [0.2, 0.25) is 0 Å². The summed E-state index contributed by atoms with van der Waals surface area (Å²) >= 11 is 1.28. The predicted molar refractivity (Wildman–Crippen MR) is 90.5 cm³/mol. The van der Waals surface area contributed by atoms with Crippen LogP contribution in [-0.2, 0) is 16.1 Å². The van der Waals surface area contributed by atoms with Crippen molar-refractivity contribution in [1.82, 2.24) is 14.8 Å². The number of aromatic nitrogens is 3. The summed E-state index contributed by atoms with van der Waals surface area (Å²) in [6, 6.07) is 5.67. The smallest absolute Gasteiger partial charge is 0.231 e. The summed E-state index contributed by atoms with van der Waals surface area (Å²) < 4.78 is 18.5. The molecule has 0 spiro atoms. The number of benzene rings is 1. The van der Waals surface area contributed by atoms with Gasteiger partial charge in [0.1, 0.15) is 0 Å². The van der Waals surface area contributed by atoms with Gasteiger partial charge < -0.3 is 19.9 Å². The van der Waals surface area contributed by atoms with E-state index in [1.807, 2.05) is 22.8 Å². The average Bonchev–Trinajstić information content (AvgIpc) is 3.33. The van der Waals surface area contributed by atoms with Crippen LogP contribution in [0.3, 0.4) is 0 Å². The van der Waals surface area contributed by atoms with Crippen molar-refractivity contribution in [3.63, 3.8) is 0 Å². The summed E-state index contributed by atoms with van der Waals surface area (Å²) in [6.07, 6.45) is 2.17. The molecule has 9 heteroatoms. The highest BCUT2D eigenvalue weighted by molar-refractivity contribution is 7.99. The Morgan fingerprint density at radius 2 is 2.20 bits per heavy atom. The van der Waals surface area contributed by atoms with Gasteiger partial charge >= 0.3 is 0 Å². The molecule has 1 aromatic heterocycles. The second kappa shape index (κ2) is 6.93. The van der Waals surface area contributed by atoms with Crippen molar-refractivity contribution < 1.29 is 19.0 Å². The minimum absolute atomic E-state index is 0.122. The highest BCUT2D eigenvalue weighted by Crippen LogP contribution is 2.36. The zero-order chi connectivity index (χ0) is 17.2. The van der Waals surface area contributed by atoms with E-state index >= 15 is 0 Å². The number of hydrogen-bond donors (Lipinski definition) is 1. The van der Waals surface area contributed by atoms with Crippen molar-refractivity contribution in [2.24, 2.45) is 5.73 Å². The molecule has 2 aliphatic rings. The Hall–Kier alpha value is -2.26. The van der Waals surface area contributed by atoms with Gasteiger partial charge in [-0.1, -0.05) is 11.8 Å². The van der Waals surface area contributed by atoms with Gasteiger partial charge in [-0.15, -0.1) is 10.2 Å². The normalized spacial score (nSPS) is 18.6. The molecule has 8 nitrogen and oxygen atoms in total. The van der Waals surface area contributed by atoms with Crippen molar-refractivity contribution in [2.45, 2.75) is 30.6 Å². The van der Waals surface area contributed by atoms with Crippen LogP contribution in [0.1, 0.15) is 12.8 Å². The zero-order valence-electron chi connectivity index (χ0n) is 13.5. The molecule has 0 saturated carbocycles. The fraction of sp³-hybridized carbons (Fsp3) is 0.438. The molecule has 132 valence electrons. The third-order valence-corrected chi connectivity index (χ3v) is 5.09. The molecule has 1 saturated heterocycles. The number of carbonyl (C=O) groups excluding carboxylic acids is 1. The van der Waals surface area contributed by atoms with E-state index in [2.05, 4.69) is 10.2 Å². The number of carbonyl (C=O) groups is 1. The van der Waals surface area contributed by atoms with Crippen molar-refractivity contribution in [3.8, 4) is 22.9 Å². The predicted octanol–water partition coefficient (Wildman–Crippen LogP) is 1.43. The van der Waals surface area contributed by atoms with E-state index in [0.717, 1.165) is 30.8 Å². The first-order chi connectivity index (χ1) is 12.2. The van der Waals surface area contributed by atoms with Gasteiger partial charge in [-0.05, 0) is 31.0 Å². The summed E-state index contributed by atoms with van der Waals surface area (Å²) in [5, 5.41) is 9.22. The molecule has 4 rings (SSSR count). The first-order valence-corrected chi connectivity index (χ1v) is 9.05. The summed E-state index contributed by atoms with van der Waals surface area (Å²) in [4.78, 5) is 11.1. The number of thioether (sulfide) groups is 1. The fourth-order valence-electron chi connectivity index (χ4n) is 2.94. The molecule has 1 atom stereocenters. The van der Waals surface area contributed by atoms with Gasteiger partial charge in [-0.2, -0.15) is 0 Å². The summed E-state index contributed by atoms with van der Waals surface area (Å²) in [6.45, 7) is 1.63. The third kappa shape index (κ3) is 3.42. The Morgan fingerprint density at radius 1 is 1.32 bits per heavy atom. The van der Waals surface area contributed by atoms with Crippen LogP contribution in [0, 0.1) is 0 Å². The van der Waals surface area contributed by atoms with Gasteiger partial charge in [0.25, 0.3) is 0 Å². The second-order valence-electron chi connectivity index (χ2n) is 5.87. The molecule has 2 N–H and O–H groups in total. The number of primary amides is 1. The van der Waals surface area contributed by atoms with E-state index in [0.29, 0.717) is 23.3 Å². The lowest BCUT2D eigenvalue weighted by atomic mass is 10.2. The number of ether oxygens (including phenoxy) is 3. The maximum Gasteiger partial charge on any atom is 0.231 e. The van der Waals surface area contributed by atoms with Crippen LogP contribution in [0.25, 0.3) is 11.4 Å². The van der Waals surface area contributed by atoms with Crippen LogP contribution in [0.5, 0.6) is 11.5 Å². The Labute approximate surface area is 148 Å². The summed E-state index contributed by atoms with van der Waals surface area (Å²) in [5.74, 6) is 1.89. The number of rotatable bonds is 6. The van der Waals surface area contributed by atoms with E-state index in [1.165, 1.54) is 11.8 Å². The lowest BCUT2D eigenvalue weighted by molar-refractivity contribution is -0.115. The lowest BCUT2D eigenvalue weighted by Crippen LogP contribution is -2.18. The second-order valence-corrected chi connectivity index (χ2v) is 6.82. The van der Waals surface area contributed by atoms with Gasteiger partial charge in [0, 0.05) is 12.2 Å². The third-order valence-electron chi connectivity index (χ3n) is 4.10. The monoisotopic (exact) mass is 362 g/mol. The molecule has 2 aromatic rings. The molecule has 2 aliphatic heterocycles. The van der Waals surface area contributed by atoms with Crippen molar-refractivity contribution in [3.05, 3.63) is 18.2 Å². The highest BCUT2D eigenvalue weighted by Gasteiger charge is 2.23. The van der Waals surface area contributed by atoms with E-state index in [4.69, 9.17) is 19.9 Å². The van der Waals surface area contributed by atoms with Crippen LogP contribution >= 0.6 is 11.8 Å². The molecule has 0 aliphatic carbocycles. The van der Waals surface area contributed by atoms with Crippen molar-refractivity contribution in [1.29, 1.82) is 0 Å².